The van der Waals surface area contributed by atoms with E-state index in [4.69, 9.17) is 9.26 Å². The predicted molar refractivity (Wildman–Crippen MR) is 51.0 cm³/mol. The number of H-pyrrole nitrogens is 1. The number of rotatable bonds is 5. The molecule has 0 radical (unpaired) electrons. The summed E-state index contributed by atoms with van der Waals surface area (Å²) in [4.78, 5) is 0. The number of aryl methyl sites for hydroxylation is 1. The molecule has 0 unspecified atom stereocenters. The fraction of sp³-hybridized carbons (Fsp3) is 0.444. The van der Waals surface area contributed by atoms with Crippen LogP contribution in [0.15, 0.2) is 16.8 Å². The average molecular weight is 208 g/mol. The molecule has 0 aliphatic carbocycles. The first-order valence-corrected chi connectivity index (χ1v) is 4.69. The van der Waals surface area contributed by atoms with E-state index in [0.29, 0.717) is 13.2 Å². The van der Waals surface area contributed by atoms with Crippen LogP contribution < -0.4 is 0 Å². The summed E-state index contributed by atoms with van der Waals surface area (Å²) in [5.41, 5.74) is 1.76. The maximum absolute atomic E-state index is 5.39. The standard InChI is InChI=1S/C9H12N4O2/c1-7-4-9(15-12-7)6-14-3-2-8-5-10-13-11-8/h4-5H,2-3,6H2,1H3,(H,10,11,13). The van der Waals surface area contributed by atoms with Crippen molar-refractivity contribution in [3.63, 3.8) is 0 Å². The molecule has 6 heteroatoms. The van der Waals surface area contributed by atoms with E-state index in [1.165, 1.54) is 0 Å². The number of hydrogen-bond acceptors (Lipinski definition) is 5. The van der Waals surface area contributed by atoms with Crippen LogP contribution in [0.2, 0.25) is 0 Å². The Morgan fingerprint density at radius 1 is 1.53 bits per heavy atom. The fourth-order valence-electron chi connectivity index (χ4n) is 1.18. The summed E-state index contributed by atoms with van der Waals surface area (Å²) in [6.45, 7) is 2.91. The molecule has 1 N–H and O–H groups in total. The summed E-state index contributed by atoms with van der Waals surface area (Å²) in [5.74, 6) is 0.743. The van der Waals surface area contributed by atoms with Gasteiger partial charge in [-0.3, -0.25) is 0 Å². The summed E-state index contributed by atoms with van der Waals surface area (Å²) in [5, 5.41) is 13.9. The van der Waals surface area contributed by atoms with Crippen LogP contribution in [0.4, 0.5) is 0 Å². The lowest BCUT2D eigenvalue weighted by atomic mass is 10.3. The molecule has 0 bridgehead atoms. The second-order valence-electron chi connectivity index (χ2n) is 3.20. The van der Waals surface area contributed by atoms with Gasteiger partial charge in [0.15, 0.2) is 5.76 Å². The Kier molecular flexibility index (Phi) is 3.08. The number of ether oxygens (including phenoxy) is 1. The Morgan fingerprint density at radius 2 is 2.47 bits per heavy atom. The van der Waals surface area contributed by atoms with Gasteiger partial charge in [0, 0.05) is 12.5 Å². The van der Waals surface area contributed by atoms with E-state index in [-0.39, 0.29) is 0 Å². The molecule has 0 spiro atoms. The monoisotopic (exact) mass is 208 g/mol. The number of hydrogen-bond donors (Lipinski definition) is 1. The van der Waals surface area contributed by atoms with Crippen molar-refractivity contribution in [1.29, 1.82) is 0 Å². The van der Waals surface area contributed by atoms with Gasteiger partial charge in [0.1, 0.15) is 6.61 Å². The minimum atomic E-state index is 0.443. The Hall–Kier alpha value is -1.69. The molecule has 0 atom stereocenters. The van der Waals surface area contributed by atoms with Crippen molar-refractivity contribution in [3.8, 4) is 0 Å². The highest BCUT2D eigenvalue weighted by Crippen LogP contribution is 2.03. The summed E-state index contributed by atoms with van der Waals surface area (Å²) < 4.78 is 10.4. The van der Waals surface area contributed by atoms with E-state index < -0.39 is 0 Å². The van der Waals surface area contributed by atoms with E-state index >= 15 is 0 Å². The maximum atomic E-state index is 5.39. The highest BCUT2D eigenvalue weighted by molar-refractivity contribution is 5.01. The zero-order valence-electron chi connectivity index (χ0n) is 8.43. The minimum absolute atomic E-state index is 0.443. The first-order chi connectivity index (χ1) is 7.34. The quantitative estimate of drug-likeness (QED) is 0.737. The lowest BCUT2D eigenvalue weighted by Gasteiger charge is -1.98. The van der Waals surface area contributed by atoms with Gasteiger partial charge in [-0.2, -0.15) is 15.4 Å². The van der Waals surface area contributed by atoms with Gasteiger partial charge in [0.2, 0.25) is 0 Å². The third-order valence-corrected chi connectivity index (χ3v) is 1.89. The van der Waals surface area contributed by atoms with Gasteiger partial charge in [-0.05, 0) is 6.92 Å². The Balaban J connectivity index is 1.67. The molecule has 0 aliphatic heterocycles. The van der Waals surface area contributed by atoms with Crippen molar-refractivity contribution in [3.05, 3.63) is 29.4 Å². The molecule has 15 heavy (non-hydrogen) atoms. The molecular weight excluding hydrogens is 196 g/mol. The van der Waals surface area contributed by atoms with E-state index in [9.17, 15) is 0 Å². The topological polar surface area (TPSA) is 76.8 Å². The van der Waals surface area contributed by atoms with Crippen molar-refractivity contribution in [2.24, 2.45) is 0 Å². The highest BCUT2D eigenvalue weighted by Gasteiger charge is 2.01. The molecule has 0 amide bonds. The Morgan fingerprint density at radius 3 is 3.13 bits per heavy atom. The van der Waals surface area contributed by atoms with Gasteiger partial charge in [-0.25, -0.2) is 0 Å². The number of aromatic nitrogens is 4. The second-order valence-corrected chi connectivity index (χ2v) is 3.20. The zero-order valence-corrected chi connectivity index (χ0v) is 8.43. The van der Waals surface area contributed by atoms with Crippen molar-refractivity contribution >= 4 is 0 Å². The lowest BCUT2D eigenvalue weighted by molar-refractivity contribution is 0.103. The Labute approximate surface area is 86.6 Å². The first kappa shape index (κ1) is 9.85. The number of nitrogens with zero attached hydrogens (tertiary/aromatic N) is 3. The average Bonchev–Trinajstić information content (AvgIpc) is 2.84. The van der Waals surface area contributed by atoms with Crippen LogP contribution in [0, 0.1) is 6.92 Å². The van der Waals surface area contributed by atoms with Crippen LogP contribution in [0.25, 0.3) is 0 Å². The van der Waals surface area contributed by atoms with Crippen molar-refractivity contribution in [1.82, 2.24) is 20.6 Å². The number of aromatic amines is 1. The molecule has 2 aromatic heterocycles. The minimum Gasteiger partial charge on any atom is -0.373 e. The smallest absolute Gasteiger partial charge is 0.162 e. The maximum Gasteiger partial charge on any atom is 0.162 e. The normalized spacial score (nSPS) is 10.7. The van der Waals surface area contributed by atoms with Crippen molar-refractivity contribution < 1.29 is 9.26 Å². The molecule has 2 heterocycles. The largest absolute Gasteiger partial charge is 0.373 e. The molecule has 2 rings (SSSR count). The van der Waals surface area contributed by atoms with E-state index in [0.717, 1.165) is 23.6 Å². The number of nitrogens with one attached hydrogen (secondary N) is 1. The van der Waals surface area contributed by atoms with Crippen LogP contribution in [0.5, 0.6) is 0 Å². The van der Waals surface area contributed by atoms with Gasteiger partial charge in [-0.1, -0.05) is 5.16 Å². The van der Waals surface area contributed by atoms with Crippen LogP contribution in [-0.2, 0) is 17.8 Å². The fourth-order valence-corrected chi connectivity index (χ4v) is 1.18. The molecule has 6 nitrogen and oxygen atoms in total. The molecule has 2 aromatic rings. The molecule has 0 aliphatic rings. The Bertz CT molecular complexity index is 396. The lowest BCUT2D eigenvalue weighted by Crippen LogP contribution is -1.98. The van der Waals surface area contributed by atoms with Gasteiger partial charge >= 0.3 is 0 Å². The molecule has 0 aromatic carbocycles. The van der Waals surface area contributed by atoms with Crippen molar-refractivity contribution in [2.45, 2.75) is 20.0 Å². The SMILES string of the molecule is Cc1cc(COCCc2cn[nH]n2)on1. The van der Waals surface area contributed by atoms with Gasteiger partial charge in [0.25, 0.3) is 0 Å². The summed E-state index contributed by atoms with van der Waals surface area (Å²) in [6, 6.07) is 1.86. The second kappa shape index (κ2) is 4.70. The predicted octanol–water partition coefficient (Wildman–Crippen LogP) is 0.860. The first-order valence-electron chi connectivity index (χ1n) is 4.69. The summed E-state index contributed by atoms with van der Waals surface area (Å²) >= 11 is 0. The van der Waals surface area contributed by atoms with Crippen LogP contribution in [0.1, 0.15) is 17.1 Å². The van der Waals surface area contributed by atoms with E-state index in [1.807, 2.05) is 13.0 Å². The summed E-state index contributed by atoms with van der Waals surface area (Å²) in [6.07, 6.45) is 2.42. The summed E-state index contributed by atoms with van der Waals surface area (Å²) in [7, 11) is 0. The molecule has 0 fully saturated rings. The highest BCUT2D eigenvalue weighted by atomic mass is 16.5. The van der Waals surface area contributed by atoms with Crippen LogP contribution in [0.3, 0.4) is 0 Å². The van der Waals surface area contributed by atoms with Gasteiger partial charge < -0.3 is 9.26 Å². The van der Waals surface area contributed by atoms with E-state index in [2.05, 4.69) is 20.6 Å². The third-order valence-electron chi connectivity index (χ3n) is 1.89. The van der Waals surface area contributed by atoms with E-state index in [1.54, 1.807) is 6.20 Å². The van der Waals surface area contributed by atoms with Gasteiger partial charge in [0.05, 0.1) is 24.2 Å². The molecule has 0 saturated carbocycles. The molecule has 0 saturated heterocycles. The molecule has 80 valence electrons. The van der Waals surface area contributed by atoms with Crippen LogP contribution in [-0.4, -0.2) is 27.2 Å². The molecular formula is C9H12N4O2. The van der Waals surface area contributed by atoms with Crippen molar-refractivity contribution in [2.75, 3.05) is 6.61 Å². The zero-order chi connectivity index (χ0) is 10.5. The third kappa shape index (κ3) is 2.88. The van der Waals surface area contributed by atoms with Crippen LogP contribution >= 0.6 is 0 Å². The van der Waals surface area contributed by atoms with Gasteiger partial charge in [-0.15, -0.1) is 0 Å².